The summed E-state index contributed by atoms with van der Waals surface area (Å²) in [6.45, 7) is 10.1. The van der Waals surface area contributed by atoms with Crippen LogP contribution in [0.25, 0.3) is 0 Å². The summed E-state index contributed by atoms with van der Waals surface area (Å²) in [5.74, 6) is 0.420. The van der Waals surface area contributed by atoms with Gasteiger partial charge in [-0.3, -0.25) is 9.59 Å². The summed E-state index contributed by atoms with van der Waals surface area (Å²) >= 11 is 1.39. The summed E-state index contributed by atoms with van der Waals surface area (Å²) in [7, 11) is 0. The summed E-state index contributed by atoms with van der Waals surface area (Å²) in [6, 6.07) is -0.0941. The van der Waals surface area contributed by atoms with Crippen molar-refractivity contribution < 1.29 is 14.3 Å². The molecule has 2 amide bonds. The Kier molecular flexibility index (Phi) is 4.23. The Morgan fingerprint density at radius 2 is 2.27 bits per heavy atom. The van der Waals surface area contributed by atoms with Gasteiger partial charge in [-0.05, 0) is 19.8 Å². The van der Waals surface area contributed by atoms with Gasteiger partial charge in [-0.2, -0.15) is 0 Å². The van der Waals surface area contributed by atoms with Crippen LogP contribution in [0.2, 0.25) is 0 Å². The van der Waals surface area contributed by atoms with Crippen LogP contribution < -0.4 is 5.32 Å². The van der Waals surface area contributed by atoms with Crippen LogP contribution in [0, 0.1) is 12.8 Å². The lowest BCUT2D eigenvalue weighted by molar-refractivity contribution is -0.139. The zero-order valence-corrected chi connectivity index (χ0v) is 16.6. The lowest BCUT2D eigenvalue weighted by Gasteiger charge is -2.34. The van der Waals surface area contributed by atoms with E-state index in [1.54, 1.807) is 0 Å². The highest BCUT2D eigenvalue weighted by Crippen LogP contribution is 2.49. The van der Waals surface area contributed by atoms with Crippen molar-refractivity contribution in [1.29, 1.82) is 0 Å². The Bertz CT molecular complexity index is 749. The first kappa shape index (κ1) is 17.7. The zero-order valence-electron chi connectivity index (χ0n) is 15.7. The third kappa shape index (κ3) is 2.38. The molecule has 1 spiro atoms. The van der Waals surface area contributed by atoms with Crippen LogP contribution in [0.3, 0.4) is 0 Å². The molecule has 0 radical (unpaired) electrons. The maximum atomic E-state index is 13.2. The number of nitrogens with one attached hydrogen (secondary N) is 1. The molecule has 0 unspecified atom stereocenters. The second-order valence-electron chi connectivity index (χ2n) is 7.66. The number of aryl methyl sites for hydroxylation is 1. The van der Waals surface area contributed by atoms with Crippen molar-refractivity contribution >= 4 is 28.3 Å². The average Bonchev–Trinajstić information content (AvgIpc) is 3.29. The second kappa shape index (κ2) is 6.20. The molecule has 4 heterocycles. The third-order valence-electron chi connectivity index (χ3n) is 5.84. The standard InChI is InChI=1S/C18H26N4O3S/c1-5-19-17-20-11(4)15(26-17)16(24)21-7-6-18-13(21)8-14(23)22(18)12(9-25-18)10(2)3/h10,12-13H,5-9H2,1-4H3,(H,19,20)/t12-,13+,18-/m0/s1. The van der Waals surface area contributed by atoms with Gasteiger partial charge in [0.05, 0.1) is 30.8 Å². The molecule has 0 saturated carbocycles. The molecule has 26 heavy (non-hydrogen) atoms. The lowest BCUT2D eigenvalue weighted by atomic mass is 10.0. The van der Waals surface area contributed by atoms with E-state index in [0.717, 1.165) is 17.4 Å². The summed E-state index contributed by atoms with van der Waals surface area (Å²) in [5.41, 5.74) is 0.121. The Morgan fingerprint density at radius 1 is 1.50 bits per heavy atom. The number of rotatable bonds is 4. The average molecular weight is 378 g/mol. The van der Waals surface area contributed by atoms with Crippen molar-refractivity contribution in [3.8, 4) is 0 Å². The first-order valence-electron chi connectivity index (χ1n) is 9.37. The van der Waals surface area contributed by atoms with Gasteiger partial charge in [0.1, 0.15) is 4.88 Å². The quantitative estimate of drug-likeness (QED) is 0.868. The van der Waals surface area contributed by atoms with Crippen LogP contribution in [0.1, 0.15) is 49.0 Å². The summed E-state index contributed by atoms with van der Waals surface area (Å²) in [6.07, 6.45) is 1.04. The molecule has 1 aromatic rings. The summed E-state index contributed by atoms with van der Waals surface area (Å²) in [5, 5.41) is 3.94. The topological polar surface area (TPSA) is 74.8 Å². The van der Waals surface area contributed by atoms with Crippen molar-refractivity contribution in [2.24, 2.45) is 5.92 Å². The van der Waals surface area contributed by atoms with Crippen LogP contribution in [0.4, 0.5) is 5.13 Å². The molecule has 0 aromatic carbocycles. The molecule has 3 fully saturated rings. The minimum absolute atomic E-state index is 0.0303. The van der Waals surface area contributed by atoms with E-state index in [1.807, 2.05) is 23.6 Å². The van der Waals surface area contributed by atoms with Gasteiger partial charge >= 0.3 is 0 Å². The molecule has 3 aliphatic rings. The molecule has 0 aliphatic carbocycles. The zero-order chi connectivity index (χ0) is 18.6. The Labute approximate surface area is 157 Å². The number of hydrogen-bond acceptors (Lipinski definition) is 6. The minimum atomic E-state index is -0.620. The van der Waals surface area contributed by atoms with Gasteiger partial charge in [0, 0.05) is 19.5 Å². The van der Waals surface area contributed by atoms with Crippen molar-refractivity contribution in [3.63, 3.8) is 0 Å². The van der Waals surface area contributed by atoms with Crippen LogP contribution in [0.5, 0.6) is 0 Å². The number of nitrogens with zero attached hydrogens (tertiary/aromatic N) is 3. The maximum absolute atomic E-state index is 13.2. The molecule has 3 atom stereocenters. The van der Waals surface area contributed by atoms with Gasteiger partial charge in [-0.25, -0.2) is 4.98 Å². The van der Waals surface area contributed by atoms with Gasteiger partial charge in [0.2, 0.25) is 5.91 Å². The molecule has 1 aromatic heterocycles. The number of anilines is 1. The molecular weight excluding hydrogens is 352 g/mol. The first-order chi connectivity index (χ1) is 12.4. The van der Waals surface area contributed by atoms with E-state index >= 15 is 0 Å². The van der Waals surface area contributed by atoms with Crippen LogP contribution in [-0.4, -0.2) is 64.1 Å². The van der Waals surface area contributed by atoms with Crippen molar-refractivity contribution in [1.82, 2.24) is 14.8 Å². The fourth-order valence-corrected chi connectivity index (χ4v) is 5.56. The van der Waals surface area contributed by atoms with Crippen LogP contribution >= 0.6 is 11.3 Å². The molecule has 142 valence electrons. The second-order valence-corrected chi connectivity index (χ2v) is 8.66. The third-order valence-corrected chi connectivity index (χ3v) is 6.94. The van der Waals surface area contributed by atoms with E-state index in [2.05, 4.69) is 24.1 Å². The van der Waals surface area contributed by atoms with Gasteiger partial charge < -0.3 is 19.9 Å². The number of thiazole rings is 1. The van der Waals surface area contributed by atoms with Gasteiger partial charge in [-0.15, -0.1) is 0 Å². The summed E-state index contributed by atoms with van der Waals surface area (Å²) < 4.78 is 6.21. The lowest BCUT2D eigenvalue weighted by Crippen LogP contribution is -2.51. The van der Waals surface area contributed by atoms with Crippen molar-refractivity contribution in [2.45, 2.75) is 58.3 Å². The van der Waals surface area contributed by atoms with E-state index in [1.165, 1.54) is 11.3 Å². The molecular formula is C18H26N4O3S. The van der Waals surface area contributed by atoms with Crippen LogP contribution in [0.15, 0.2) is 0 Å². The Hall–Kier alpha value is -1.67. The molecule has 3 aliphatic heterocycles. The number of carbonyl (C=O) groups excluding carboxylic acids is 2. The van der Waals surface area contributed by atoms with E-state index < -0.39 is 5.72 Å². The monoisotopic (exact) mass is 378 g/mol. The fourth-order valence-electron chi connectivity index (χ4n) is 4.57. The SMILES string of the molecule is CCNc1nc(C)c(C(=O)N2CC[C@@]34OC[C@@H](C(C)C)N3C(=O)C[C@@H]24)s1. The highest BCUT2D eigenvalue weighted by molar-refractivity contribution is 7.17. The van der Waals surface area contributed by atoms with E-state index in [0.29, 0.717) is 36.8 Å². The number of likely N-dealkylation sites (tertiary alicyclic amines) is 1. The van der Waals surface area contributed by atoms with Crippen molar-refractivity contribution in [3.05, 3.63) is 10.6 Å². The predicted molar refractivity (Wildman–Crippen MR) is 99.2 cm³/mol. The first-order valence-corrected chi connectivity index (χ1v) is 10.2. The molecule has 7 nitrogen and oxygen atoms in total. The van der Waals surface area contributed by atoms with Crippen LogP contribution in [-0.2, 0) is 9.53 Å². The highest BCUT2D eigenvalue weighted by Gasteiger charge is 2.65. The highest BCUT2D eigenvalue weighted by atomic mass is 32.1. The summed E-state index contributed by atoms with van der Waals surface area (Å²) in [4.78, 5) is 34.8. The number of aromatic nitrogens is 1. The molecule has 4 rings (SSSR count). The van der Waals surface area contributed by atoms with E-state index in [-0.39, 0.29) is 23.9 Å². The van der Waals surface area contributed by atoms with Crippen molar-refractivity contribution in [2.75, 3.05) is 25.0 Å². The van der Waals surface area contributed by atoms with E-state index in [4.69, 9.17) is 4.74 Å². The Balaban J connectivity index is 1.61. The molecule has 0 bridgehead atoms. The number of amides is 2. The predicted octanol–water partition coefficient (Wildman–Crippen LogP) is 2.08. The minimum Gasteiger partial charge on any atom is -0.362 e. The number of ether oxygens (including phenoxy) is 1. The van der Waals surface area contributed by atoms with Gasteiger partial charge in [0.25, 0.3) is 5.91 Å². The smallest absolute Gasteiger partial charge is 0.266 e. The Morgan fingerprint density at radius 3 is 2.96 bits per heavy atom. The van der Waals surface area contributed by atoms with Gasteiger partial charge in [-0.1, -0.05) is 25.2 Å². The molecule has 8 heteroatoms. The largest absolute Gasteiger partial charge is 0.362 e. The normalized spacial score (nSPS) is 30.3. The fraction of sp³-hybridized carbons (Fsp3) is 0.722. The molecule has 3 saturated heterocycles. The maximum Gasteiger partial charge on any atom is 0.266 e. The molecule has 1 N–H and O–H groups in total. The number of carbonyl (C=O) groups is 2. The van der Waals surface area contributed by atoms with E-state index in [9.17, 15) is 9.59 Å². The van der Waals surface area contributed by atoms with Gasteiger partial charge in [0.15, 0.2) is 10.9 Å². The number of hydrogen-bond donors (Lipinski definition) is 1.